The number of aliphatic hydroxyl groups excluding tert-OH is 1. The molecule has 0 bridgehead atoms. The highest BCUT2D eigenvalue weighted by Gasteiger charge is 2.47. The predicted molar refractivity (Wildman–Crippen MR) is 126 cm³/mol. The Kier molecular flexibility index (Phi) is 12.7. The van der Waals surface area contributed by atoms with Crippen molar-refractivity contribution < 1.29 is 51.8 Å². The fourth-order valence-corrected chi connectivity index (χ4v) is 6.31. The Hall–Kier alpha value is -1.62. The molecule has 0 aromatic heterocycles. The van der Waals surface area contributed by atoms with Gasteiger partial charge in [-0.15, -0.1) is 0 Å². The number of benzene rings is 1. The van der Waals surface area contributed by atoms with Crippen molar-refractivity contribution in [2.75, 3.05) is 13.2 Å². The summed E-state index contributed by atoms with van der Waals surface area (Å²) >= 11 is 0. The maximum atomic E-state index is 13.5. The molecule has 3 N–H and O–H groups in total. The van der Waals surface area contributed by atoms with Gasteiger partial charge in [0.05, 0.1) is 25.4 Å². The fourth-order valence-electron chi connectivity index (χ4n) is 2.75. The predicted octanol–water partition coefficient (Wildman–Crippen LogP) is 3.29. The molecule has 1 aromatic rings. The minimum atomic E-state index is -5.06. The number of hydrogen-bond acceptors (Lipinski definition) is 10. The normalized spacial score (nSPS) is 16.4. The van der Waals surface area contributed by atoms with E-state index in [4.69, 9.17) is 23.0 Å². The summed E-state index contributed by atoms with van der Waals surface area (Å²) in [7, 11) is -9.18. The van der Waals surface area contributed by atoms with Crippen molar-refractivity contribution in [3.8, 4) is 0 Å². The van der Waals surface area contributed by atoms with Crippen LogP contribution in [0.4, 0.5) is 0 Å². The molecule has 200 valence electrons. The SMILES string of the molecule is CCOP(=O)(N[C@@H](c1ccccc1)P(=O)(O)O[C@@H](C(=O)OC(C)C)[C@@H](O)C(=O)OC(C)C)OCC. The largest absolute Gasteiger partial charge is 0.461 e. The van der Waals surface area contributed by atoms with Gasteiger partial charge in [0.1, 0.15) is 5.78 Å². The Morgan fingerprint density at radius 3 is 1.86 bits per heavy atom. The average molecular weight is 539 g/mol. The van der Waals surface area contributed by atoms with E-state index in [9.17, 15) is 28.7 Å². The van der Waals surface area contributed by atoms with Gasteiger partial charge in [0, 0.05) is 0 Å². The average Bonchev–Trinajstić information content (AvgIpc) is 2.75. The van der Waals surface area contributed by atoms with Crippen LogP contribution in [0.1, 0.15) is 52.9 Å². The molecule has 0 saturated carbocycles. The van der Waals surface area contributed by atoms with Crippen molar-refractivity contribution >= 4 is 27.3 Å². The van der Waals surface area contributed by atoms with Crippen molar-refractivity contribution in [1.82, 2.24) is 5.09 Å². The molecule has 0 fully saturated rings. The lowest BCUT2D eigenvalue weighted by atomic mass is 10.2. The van der Waals surface area contributed by atoms with E-state index in [0.717, 1.165) is 0 Å². The van der Waals surface area contributed by atoms with Gasteiger partial charge >= 0.3 is 27.3 Å². The van der Waals surface area contributed by atoms with E-state index in [1.807, 2.05) is 0 Å². The van der Waals surface area contributed by atoms with Crippen LogP contribution in [0.3, 0.4) is 0 Å². The van der Waals surface area contributed by atoms with Crippen LogP contribution in [0.5, 0.6) is 0 Å². The van der Waals surface area contributed by atoms with Gasteiger partial charge in [-0.25, -0.2) is 19.2 Å². The highest BCUT2D eigenvalue weighted by Crippen LogP contribution is 2.61. The second-order valence-corrected chi connectivity index (χ2v) is 11.4. The third-order valence-electron chi connectivity index (χ3n) is 4.05. The first-order valence-corrected chi connectivity index (χ1v) is 14.3. The summed E-state index contributed by atoms with van der Waals surface area (Å²) in [5.74, 6) is -4.27. The number of rotatable bonds is 15. The molecule has 0 spiro atoms. The molecule has 1 rings (SSSR count). The minimum Gasteiger partial charge on any atom is -0.461 e. The third-order valence-corrected chi connectivity index (χ3v) is 7.63. The number of carbonyl (C=O) groups excluding carboxylic acids is 2. The molecule has 0 saturated heterocycles. The summed E-state index contributed by atoms with van der Waals surface area (Å²) in [5, 5.41) is 12.9. The Morgan fingerprint density at radius 2 is 1.40 bits per heavy atom. The van der Waals surface area contributed by atoms with Gasteiger partial charge in [-0.1, -0.05) is 30.3 Å². The third kappa shape index (κ3) is 10.1. The number of ether oxygens (including phenoxy) is 2. The molecule has 1 unspecified atom stereocenters. The van der Waals surface area contributed by atoms with Crippen molar-refractivity contribution in [3.63, 3.8) is 0 Å². The maximum Gasteiger partial charge on any atom is 0.406 e. The van der Waals surface area contributed by atoms with Crippen molar-refractivity contribution in [2.24, 2.45) is 0 Å². The molecule has 1 aromatic carbocycles. The molecule has 4 atom stereocenters. The van der Waals surface area contributed by atoms with Crippen LogP contribution in [0, 0.1) is 0 Å². The Morgan fingerprint density at radius 1 is 0.914 bits per heavy atom. The summed E-state index contributed by atoms with van der Waals surface area (Å²) < 4.78 is 52.1. The molecule has 0 aliphatic rings. The van der Waals surface area contributed by atoms with E-state index in [-0.39, 0.29) is 18.8 Å². The van der Waals surface area contributed by atoms with Crippen LogP contribution >= 0.6 is 15.3 Å². The summed E-state index contributed by atoms with van der Waals surface area (Å²) in [4.78, 5) is 35.9. The van der Waals surface area contributed by atoms with E-state index in [1.165, 1.54) is 39.8 Å². The second-order valence-electron chi connectivity index (χ2n) is 7.78. The van der Waals surface area contributed by atoms with Crippen molar-refractivity contribution in [3.05, 3.63) is 35.9 Å². The van der Waals surface area contributed by atoms with E-state index < -0.39 is 57.5 Å². The Balaban J connectivity index is 3.45. The molecule has 0 amide bonds. The highest BCUT2D eigenvalue weighted by atomic mass is 31.2. The fraction of sp³-hybridized carbons (Fsp3) is 0.619. The lowest BCUT2D eigenvalue weighted by molar-refractivity contribution is -0.175. The molecule has 35 heavy (non-hydrogen) atoms. The number of hydrogen-bond donors (Lipinski definition) is 3. The van der Waals surface area contributed by atoms with Gasteiger partial charge in [-0.05, 0) is 47.1 Å². The van der Waals surface area contributed by atoms with Crippen LogP contribution in [0.25, 0.3) is 0 Å². The van der Waals surface area contributed by atoms with Crippen molar-refractivity contribution in [2.45, 2.75) is 71.7 Å². The standard InChI is InChI=1S/C21H35NO11P2/c1-7-29-35(28,30-8-2)22-19(16-12-10-9-11-13-16)34(26,27)33-18(21(25)32-15(5)6)17(23)20(24)31-14(3)4/h9-15,17-19,23H,7-8H2,1-6H3,(H,22,28)(H,26,27)/t17-,18-,19-/m1/s1. The van der Waals surface area contributed by atoms with Crippen molar-refractivity contribution in [1.29, 1.82) is 0 Å². The summed E-state index contributed by atoms with van der Waals surface area (Å²) in [6.07, 6.45) is -5.86. The van der Waals surface area contributed by atoms with Crippen LogP contribution in [-0.2, 0) is 41.8 Å². The second kappa shape index (κ2) is 14.2. The monoisotopic (exact) mass is 539 g/mol. The smallest absolute Gasteiger partial charge is 0.406 e. The lowest BCUT2D eigenvalue weighted by Crippen LogP contribution is -2.44. The van der Waals surface area contributed by atoms with Crippen LogP contribution in [-0.4, -0.2) is 59.6 Å². The van der Waals surface area contributed by atoms with Gasteiger partial charge < -0.3 is 19.5 Å². The molecular formula is C21H35NO11P2. The number of nitrogens with one attached hydrogen (secondary N) is 1. The molecule has 0 aliphatic carbocycles. The zero-order chi connectivity index (χ0) is 26.8. The molecule has 0 radical (unpaired) electrons. The zero-order valence-electron chi connectivity index (χ0n) is 20.7. The molecule has 12 nitrogen and oxygen atoms in total. The number of esters is 2. The highest BCUT2D eigenvalue weighted by molar-refractivity contribution is 7.56. The molecule has 0 aliphatic heterocycles. The van der Waals surface area contributed by atoms with E-state index in [2.05, 4.69) is 5.09 Å². The number of carbonyl (C=O) groups is 2. The Labute approximate surface area is 205 Å². The quantitative estimate of drug-likeness (QED) is 0.220. The summed E-state index contributed by atoms with van der Waals surface area (Å²) in [6, 6.07) is 7.63. The first-order chi connectivity index (χ1) is 16.3. The van der Waals surface area contributed by atoms with Crippen LogP contribution < -0.4 is 5.09 Å². The first kappa shape index (κ1) is 31.4. The van der Waals surface area contributed by atoms with Crippen LogP contribution in [0.2, 0.25) is 0 Å². The first-order valence-electron chi connectivity index (χ1n) is 11.1. The maximum absolute atomic E-state index is 13.5. The van der Waals surface area contributed by atoms with Gasteiger partial charge in [0.2, 0.25) is 6.10 Å². The van der Waals surface area contributed by atoms with Gasteiger partial charge in [0.25, 0.3) is 0 Å². The van der Waals surface area contributed by atoms with Gasteiger partial charge in [-0.2, -0.15) is 0 Å². The van der Waals surface area contributed by atoms with E-state index >= 15 is 0 Å². The molecule has 0 heterocycles. The summed E-state index contributed by atoms with van der Waals surface area (Å²) in [6.45, 7) is 9.03. The minimum absolute atomic E-state index is 0.0501. The lowest BCUT2D eigenvalue weighted by Gasteiger charge is -2.30. The zero-order valence-corrected chi connectivity index (χ0v) is 22.4. The summed E-state index contributed by atoms with van der Waals surface area (Å²) in [5.41, 5.74) is 0.133. The van der Waals surface area contributed by atoms with Gasteiger partial charge in [0.15, 0.2) is 6.10 Å². The molecule has 14 heteroatoms. The Bertz CT molecular complexity index is 900. The molecular weight excluding hydrogens is 504 g/mol. The van der Waals surface area contributed by atoms with Gasteiger partial charge in [-0.3, -0.25) is 18.1 Å². The topological polar surface area (TPSA) is 167 Å². The van der Waals surface area contributed by atoms with E-state index in [0.29, 0.717) is 0 Å². The van der Waals surface area contributed by atoms with E-state index in [1.54, 1.807) is 32.0 Å². The van der Waals surface area contributed by atoms with Crippen LogP contribution in [0.15, 0.2) is 30.3 Å². The number of aliphatic hydroxyl groups is 1.